The smallest absolute Gasteiger partial charge is 0.410 e. The van der Waals surface area contributed by atoms with Gasteiger partial charge in [0.2, 0.25) is 5.91 Å². The zero-order valence-electron chi connectivity index (χ0n) is 24.7. The Kier molecular flexibility index (Phi) is 10.4. The molecule has 1 fully saturated rings. The lowest BCUT2D eigenvalue weighted by atomic mass is 9.97. The Hall–Kier alpha value is -4.78. The lowest BCUT2D eigenvalue weighted by Gasteiger charge is -2.45. The maximum Gasteiger partial charge on any atom is 0.410 e. The van der Waals surface area contributed by atoms with Gasteiger partial charge < -0.3 is 14.4 Å². The number of thiocarbonyl (C=S) groups is 1. The van der Waals surface area contributed by atoms with Crippen LogP contribution in [0.1, 0.15) is 18.4 Å². The van der Waals surface area contributed by atoms with Gasteiger partial charge >= 0.3 is 12.1 Å². The van der Waals surface area contributed by atoms with Gasteiger partial charge in [-0.1, -0.05) is 134 Å². The fourth-order valence-electron chi connectivity index (χ4n) is 5.45. The summed E-state index contributed by atoms with van der Waals surface area (Å²) in [6.07, 6.45) is 2.91. The summed E-state index contributed by atoms with van der Waals surface area (Å²) in [6, 6.07) is 38.7. The van der Waals surface area contributed by atoms with Gasteiger partial charge in [-0.15, -0.1) is 0 Å². The van der Waals surface area contributed by atoms with Crippen LogP contribution in [0.25, 0.3) is 0 Å². The van der Waals surface area contributed by atoms with Crippen molar-refractivity contribution in [1.82, 2.24) is 10.2 Å². The number of methoxy groups -OCH3 is 1. The number of benzene rings is 4. The maximum absolute atomic E-state index is 14.6. The zero-order chi connectivity index (χ0) is 31.6. The average Bonchev–Trinajstić information content (AvgIpc) is 3.08. The third-order valence-electron chi connectivity index (χ3n) is 7.51. The molecule has 1 saturated heterocycles. The molecule has 7 nitrogen and oxygen atoms in total. The monoisotopic (exact) mass is 636 g/mol. The number of carbonyl (C=O) groups is 3. The van der Waals surface area contributed by atoms with Gasteiger partial charge in [0.25, 0.3) is 0 Å². The lowest BCUT2D eigenvalue weighted by Crippen LogP contribution is -2.60. The number of carbonyl (C=O) groups excluding carboxylic acids is 3. The minimum Gasteiger partial charge on any atom is -0.456 e. The van der Waals surface area contributed by atoms with Gasteiger partial charge in [-0.05, 0) is 27.6 Å². The van der Waals surface area contributed by atoms with Gasteiger partial charge in [0.15, 0.2) is 0 Å². The number of alkyl carbamates (subject to hydrolysis) is 1. The van der Waals surface area contributed by atoms with E-state index in [1.165, 1.54) is 13.3 Å². The van der Waals surface area contributed by atoms with E-state index in [2.05, 4.69) is 10.1 Å². The third kappa shape index (κ3) is 6.98. The van der Waals surface area contributed by atoms with Gasteiger partial charge in [0.05, 0.1) is 13.2 Å². The van der Waals surface area contributed by atoms with E-state index in [1.54, 1.807) is 11.0 Å². The Bertz CT molecular complexity index is 1640. The van der Waals surface area contributed by atoms with Crippen LogP contribution in [-0.2, 0) is 25.7 Å². The topological polar surface area (TPSA) is 84.9 Å². The molecule has 5 rings (SSSR count). The van der Waals surface area contributed by atoms with Gasteiger partial charge in [-0.25, -0.2) is 9.59 Å². The normalized spacial score (nSPS) is 14.4. The minimum absolute atomic E-state index is 0.0502. The number of nitrogens with zero attached hydrogens (tertiary/aromatic N) is 1. The quantitative estimate of drug-likeness (QED) is 0.0813. The average molecular weight is 637 g/mol. The number of nitrogens with one attached hydrogen (secondary N) is 1. The van der Waals surface area contributed by atoms with Gasteiger partial charge in [-0.2, -0.15) is 0 Å². The number of likely N-dealkylation sites (tertiary alicyclic amines) is 1. The van der Waals surface area contributed by atoms with Crippen molar-refractivity contribution in [3.8, 4) is 0 Å². The second kappa shape index (κ2) is 14.8. The maximum atomic E-state index is 14.6. The molecule has 0 aromatic heterocycles. The van der Waals surface area contributed by atoms with Gasteiger partial charge in [0.1, 0.15) is 12.0 Å². The summed E-state index contributed by atoms with van der Waals surface area (Å²) < 4.78 is 10.7. The van der Waals surface area contributed by atoms with Crippen LogP contribution < -0.4 is 21.2 Å². The summed E-state index contributed by atoms with van der Waals surface area (Å²) >= 11 is 5.62. The van der Waals surface area contributed by atoms with Gasteiger partial charge in [0, 0.05) is 30.8 Å². The second-order valence-electron chi connectivity index (χ2n) is 10.3. The Labute approximate surface area is 268 Å². The molecule has 0 spiro atoms. The molecule has 1 aliphatic rings. The minimum atomic E-state index is -3.01. The molecule has 45 heavy (non-hydrogen) atoms. The highest BCUT2D eigenvalue weighted by molar-refractivity contribution is 7.96. The Morgan fingerprint density at radius 2 is 1.33 bits per heavy atom. The first-order chi connectivity index (χ1) is 21.9. The molecule has 4 aromatic rings. The van der Waals surface area contributed by atoms with Crippen LogP contribution >= 0.6 is 19.1 Å². The van der Waals surface area contributed by atoms with E-state index in [9.17, 15) is 14.4 Å². The molecule has 1 atom stereocenters. The first kappa shape index (κ1) is 31.6. The number of amides is 2. The van der Waals surface area contributed by atoms with Crippen LogP contribution in [0.4, 0.5) is 4.79 Å². The number of β-lactam (4-membered cyclic amide) rings is 1. The van der Waals surface area contributed by atoms with Crippen LogP contribution in [0.2, 0.25) is 0 Å². The lowest BCUT2D eigenvalue weighted by molar-refractivity contribution is -0.144. The van der Waals surface area contributed by atoms with E-state index in [4.69, 9.17) is 17.0 Å². The molecule has 0 radical (unpaired) electrons. The molecular formula is C36H33N2O5PS. The molecule has 1 heterocycles. The summed E-state index contributed by atoms with van der Waals surface area (Å²) in [4.78, 5) is 42.0. The standard InChI is InChI=1S/C36H33N2O5PS/c1-42-36(41)37-23-22-32(45)24-28-25-33(39)38(28)34(35(40)43-26-27-14-6-2-7-15-27)44(29-16-8-3-9-17-29,30-18-10-4-11-19-30)31-20-12-5-13-21-31/h2-23,28H,24-26H2,1H3,(H,37,41)/b23-22-. The molecular weight excluding hydrogens is 603 g/mol. The molecule has 9 heteroatoms. The van der Waals surface area contributed by atoms with E-state index in [0.717, 1.165) is 21.5 Å². The fraction of sp³-hybridized carbons (Fsp3) is 0.139. The van der Waals surface area contributed by atoms with Crippen molar-refractivity contribution >= 4 is 63.3 Å². The second-order valence-corrected chi connectivity index (χ2v) is 14.2. The molecule has 4 aromatic carbocycles. The molecule has 0 aliphatic carbocycles. The highest BCUT2D eigenvalue weighted by Crippen LogP contribution is 2.49. The highest BCUT2D eigenvalue weighted by Gasteiger charge is 2.47. The Morgan fingerprint density at radius 1 is 0.844 bits per heavy atom. The highest BCUT2D eigenvalue weighted by atomic mass is 32.1. The van der Waals surface area contributed by atoms with Crippen molar-refractivity contribution in [2.75, 3.05) is 7.11 Å². The zero-order valence-corrected chi connectivity index (χ0v) is 26.5. The molecule has 0 bridgehead atoms. The van der Waals surface area contributed by atoms with Crippen LogP contribution in [-0.4, -0.2) is 46.3 Å². The fourth-order valence-corrected chi connectivity index (χ4v) is 10.1. The number of allylic oxidation sites excluding steroid dienone is 1. The van der Waals surface area contributed by atoms with E-state index < -0.39 is 18.9 Å². The van der Waals surface area contributed by atoms with E-state index in [-0.39, 0.29) is 25.0 Å². The van der Waals surface area contributed by atoms with Crippen LogP contribution in [0.15, 0.2) is 134 Å². The molecule has 0 saturated carbocycles. The van der Waals surface area contributed by atoms with Crippen molar-refractivity contribution in [3.05, 3.63) is 139 Å². The number of hydrogen-bond donors (Lipinski definition) is 1. The predicted octanol–water partition coefficient (Wildman–Crippen LogP) is 5.08. The molecule has 2 amide bonds. The summed E-state index contributed by atoms with van der Waals surface area (Å²) in [5, 5.41) is 5.21. The van der Waals surface area contributed by atoms with Crippen molar-refractivity contribution in [2.24, 2.45) is 0 Å². The van der Waals surface area contributed by atoms with E-state index in [0.29, 0.717) is 16.7 Å². The number of hydrogen-bond acceptors (Lipinski definition) is 6. The van der Waals surface area contributed by atoms with E-state index in [1.807, 2.05) is 121 Å². The summed E-state index contributed by atoms with van der Waals surface area (Å²) in [5.41, 5.74) is 1.15. The number of rotatable bonds is 11. The Balaban J connectivity index is 1.73. The van der Waals surface area contributed by atoms with Crippen molar-refractivity contribution in [2.45, 2.75) is 25.5 Å². The summed E-state index contributed by atoms with van der Waals surface area (Å²) in [7, 11) is 1.27. The van der Waals surface area contributed by atoms with Crippen LogP contribution in [0, 0.1) is 0 Å². The number of ether oxygens (including phenoxy) is 2. The predicted molar refractivity (Wildman–Crippen MR) is 184 cm³/mol. The van der Waals surface area contributed by atoms with E-state index >= 15 is 0 Å². The number of esters is 1. The SMILES string of the molecule is COC(=O)N/C=C\C(=S)CC1CC(=O)N1C(C(=O)OCc1ccccc1)=P(c1ccccc1)(c1ccccc1)c1ccccc1. The largest absolute Gasteiger partial charge is 0.456 e. The first-order valence-electron chi connectivity index (χ1n) is 14.5. The molecule has 1 N–H and O–H groups in total. The first-order valence-corrected chi connectivity index (χ1v) is 16.6. The summed E-state index contributed by atoms with van der Waals surface area (Å²) in [6.45, 7) is -2.96. The molecule has 228 valence electrons. The van der Waals surface area contributed by atoms with Crippen LogP contribution in [0.3, 0.4) is 0 Å². The van der Waals surface area contributed by atoms with Crippen LogP contribution in [0.5, 0.6) is 0 Å². The summed E-state index contributed by atoms with van der Waals surface area (Å²) in [5.74, 6) is -0.742. The van der Waals surface area contributed by atoms with Crippen molar-refractivity contribution in [3.63, 3.8) is 0 Å². The Morgan fingerprint density at radius 3 is 1.80 bits per heavy atom. The molecule has 1 unspecified atom stereocenters. The van der Waals surface area contributed by atoms with Crippen molar-refractivity contribution in [1.29, 1.82) is 0 Å². The van der Waals surface area contributed by atoms with Gasteiger partial charge in [-0.3, -0.25) is 10.1 Å². The third-order valence-corrected chi connectivity index (χ3v) is 12.1. The molecule has 1 aliphatic heterocycles. The van der Waals surface area contributed by atoms with Crippen molar-refractivity contribution < 1.29 is 23.9 Å².